The number of hydrogen-bond donors (Lipinski definition) is 1. The number of ketones is 2. The Morgan fingerprint density at radius 2 is 1.89 bits per heavy atom. The molecular weight excluding hydrogens is 471 g/mol. The van der Waals surface area contributed by atoms with Crippen LogP contribution >= 0.6 is 11.6 Å². The number of Topliss-reactive ketones (excluding diaryl/α,β-unsaturated/α-hetero) is 1. The van der Waals surface area contributed by atoms with Gasteiger partial charge in [-0.2, -0.15) is 0 Å². The number of halogens is 2. The van der Waals surface area contributed by atoms with E-state index in [9.17, 15) is 19.5 Å². The summed E-state index contributed by atoms with van der Waals surface area (Å²) in [6.07, 6.45) is 8.07. The van der Waals surface area contributed by atoms with Crippen molar-refractivity contribution in [3.05, 3.63) is 23.8 Å². The van der Waals surface area contributed by atoms with E-state index in [0.717, 1.165) is 25.7 Å². The van der Waals surface area contributed by atoms with E-state index in [2.05, 4.69) is 0 Å². The first-order valence-corrected chi connectivity index (χ1v) is 13.6. The zero-order valence-electron chi connectivity index (χ0n) is 20.8. The standard InChI is InChI=1S/C28H36ClFO5/c1-16-12-21-20-9-8-18-13-19(31)10-11-25(18,2)27(20,30)22(32)14-26(21,3)28(16,23(33)15-29)35-24(34)17-6-4-5-7-17/h10-11,13,16-17,20-22,32H,4-9,12,14-15H2,1-3H3/t16?,20-,21-,22?,25-,26-,27-,28-/m0/s1. The molecular formula is C28H36ClFO5. The highest BCUT2D eigenvalue weighted by Gasteiger charge is 2.77. The highest BCUT2D eigenvalue weighted by atomic mass is 35.5. The number of esters is 1. The molecule has 0 aromatic rings. The van der Waals surface area contributed by atoms with Crippen molar-refractivity contribution in [2.75, 3.05) is 5.88 Å². The summed E-state index contributed by atoms with van der Waals surface area (Å²) in [7, 11) is 0. The van der Waals surface area contributed by atoms with Gasteiger partial charge >= 0.3 is 5.97 Å². The number of allylic oxidation sites excluding steroid dienone is 4. The van der Waals surface area contributed by atoms with Crippen molar-refractivity contribution in [2.24, 2.45) is 34.5 Å². The highest BCUT2D eigenvalue weighted by molar-refractivity contribution is 6.29. The number of aliphatic hydroxyl groups is 1. The van der Waals surface area contributed by atoms with Crippen molar-refractivity contribution in [1.29, 1.82) is 0 Å². The maximum atomic E-state index is 17.4. The van der Waals surface area contributed by atoms with Gasteiger partial charge in [-0.25, -0.2) is 4.39 Å². The third kappa shape index (κ3) is 3.11. The zero-order valence-corrected chi connectivity index (χ0v) is 21.6. The molecule has 0 aliphatic heterocycles. The van der Waals surface area contributed by atoms with Crippen molar-refractivity contribution in [3.63, 3.8) is 0 Å². The maximum absolute atomic E-state index is 17.4. The van der Waals surface area contributed by atoms with Crippen LogP contribution in [0.4, 0.5) is 4.39 Å². The number of hydrogen-bond acceptors (Lipinski definition) is 5. The third-order valence-electron chi connectivity index (χ3n) is 10.7. The van der Waals surface area contributed by atoms with Gasteiger partial charge in [0.2, 0.25) is 0 Å². The first kappa shape index (κ1) is 25.1. The van der Waals surface area contributed by atoms with Crippen LogP contribution in [-0.2, 0) is 19.1 Å². The van der Waals surface area contributed by atoms with E-state index in [1.165, 1.54) is 12.2 Å². The van der Waals surface area contributed by atoms with Crippen LogP contribution in [0.2, 0.25) is 0 Å². The topological polar surface area (TPSA) is 80.7 Å². The molecule has 0 amide bonds. The van der Waals surface area contributed by atoms with Gasteiger partial charge in [-0.15, -0.1) is 11.6 Å². The molecule has 0 radical (unpaired) electrons. The van der Waals surface area contributed by atoms with Crippen LogP contribution in [0.15, 0.2) is 23.8 Å². The van der Waals surface area contributed by atoms with Crippen LogP contribution in [0.25, 0.3) is 0 Å². The van der Waals surface area contributed by atoms with Crippen molar-refractivity contribution in [1.82, 2.24) is 0 Å². The molecule has 0 bridgehead atoms. The monoisotopic (exact) mass is 506 g/mol. The van der Waals surface area contributed by atoms with Crippen molar-refractivity contribution < 1.29 is 28.6 Å². The molecule has 1 N–H and O–H groups in total. The number of fused-ring (bicyclic) bond motifs is 5. The van der Waals surface area contributed by atoms with Crippen molar-refractivity contribution in [3.8, 4) is 0 Å². The Labute approximate surface area is 211 Å². The van der Waals surface area contributed by atoms with Gasteiger partial charge in [0.15, 0.2) is 22.8 Å². The normalized spacial score (nSPS) is 47.0. The molecule has 5 nitrogen and oxygen atoms in total. The lowest BCUT2D eigenvalue weighted by Crippen LogP contribution is -2.70. The quantitative estimate of drug-likeness (QED) is 0.434. The van der Waals surface area contributed by atoms with Crippen LogP contribution in [0.5, 0.6) is 0 Å². The minimum Gasteiger partial charge on any atom is -0.450 e. The van der Waals surface area contributed by atoms with Gasteiger partial charge in [-0.3, -0.25) is 14.4 Å². The van der Waals surface area contributed by atoms with Crippen LogP contribution in [0, 0.1) is 34.5 Å². The fourth-order valence-electron chi connectivity index (χ4n) is 8.90. The molecule has 2 unspecified atom stereocenters. The number of carbonyl (C=O) groups is 3. The molecule has 7 heteroatoms. The Balaban J connectivity index is 1.58. The zero-order chi connectivity index (χ0) is 25.4. The smallest absolute Gasteiger partial charge is 0.309 e. The summed E-state index contributed by atoms with van der Waals surface area (Å²) in [5.41, 5.74) is -4.81. The predicted molar refractivity (Wildman–Crippen MR) is 129 cm³/mol. The van der Waals surface area contributed by atoms with E-state index >= 15 is 4.39 Å². The van der Waals surface area contributed by atoms with Gasteiger partial charge in [0.05, 0.1) is 17.9 Å². The van der Waals surface area contributed by atoms with Crippen LogP contribution in [0.1, 0.15) is 72.1 Å². The van der Waals surface area contributed by atoms with E-state index < -0.39 is 34.1 Å². The summed E-state index contributed by atoms with van der Waals surface area (Å²) in [4.78, 5) is 38.9. The first-order valence-electron chi connectivity index (χ1n) is 13.1. The SMILES string of the molecule is CC1C[C@H]2[C@@H]3CCC4=CC(=O)C=C[C@]4(C)[C@@]3(F)C(O)C[C@]2(C)[C@@]1(OC(=O)C1CCCC1)C(=O)CCl. The molecule has 5 rings (SSSR count). The third-order valence-corrected chi connectivity index (χ3v) is 10.9. The van der Waals surface area contributed by atoms with Crippen LogP contribution < -0.4 is 0 Å². The number of ether oxygens (including phenoxy) is 1. The summed E-state index contributed by atoms with van der Waals surface area (Å²) in [6, 6.07) is 0. The summed E-state index contributed by atoms with van der Waals surface area (Å²) in [5.74, 6) is -2.59. The molecule has 0 saturated heterocycles. The largest absolute Gasteiger partial charge is 0.450 e. The summed E-state index contributed by atoms with van der Waals surface area (Å²) in [6.45, 7) is 5.57. The number of alkyl halides is 2. The molecule has 35 heavy (non-hydrogen) atoms. The Hall–Kier alpha value is -1.53. The second kappa shape index (κ2) is 8.24. The lowest BCUT2D eigenvalue weighted by atomic mass is 9.44. The minimum absolute atomic E-state index is 0.0137. The highest BCUT2D eigenvalue weighted by Crippen LogP contribution is 2.71. The van der Waals surface area contributed by atoms with E-state index in [1.807, 2.05) is 13.8 Å². The van der Waals surface area contributed by atoms with Crippen LogP contribution in [0.3, 0.4) is 0 Å². The van der Waals surface area contributed by atoms with Crippen LogP contribution in [-0.4, -0.2) is 45.9 Å². The average Bonchev–Trinajstić information content (AvgIpc) is 3.42. The Kier molecular flexibility index (Phi) is 5.92. The van der Waals surface area contributed by atoms with E-state index in [0.29, 0.717) is 24.8 Å². The summed E-state index contributed by atoms with van der Waals surface area (Å²) >= 11 is 6.13. The molecule has 0 aromatic carbocycles. The lowest BCUT2D eigenvalue weighted by Gasteiger charge is -2.62. The first-order chi connectivity index (χ1) is 16.5. The van der Waals surface area contributed by atoms with Gasteiger partial charge in [-0.1, -0.05) is 38.3 Å². The van der Waals surface area contributed by atoms with E-state index in [-0.39, 0.29) is 47.6 Å². The molecule has 4 saturated carbocycles. The molecule has 8 atom stereocenters. The Bertz CT molecular complexity index is 1020. The summed E-state index contributed by atoms with van der Waals surface area (Å²) in [5, 5.41) is 11.6. The molecule has 0 heterocycles. The average molecular weight is 507 g/mol. The van der Waals surface area contributed by atoms with E-state index in [1.54, 1.807) is 13.0 Å². The number of aliphatic hydroxyl groups excluding tert-OH is 1. The van der Waals surface area contributed by atoms with Gasteiger partial charge in [-0.05, 0) is 63.5 Å². The Morgan fingerprint density at radius 3 is 2.54 bits per heavy atom. The fourth-order valence-corrected chi connectivity index (χ4v) is 9.10. The number of rotatable bonds is 4. The molecule has 4 fully saturated rings. The maximum Gasteiger partial charge on any atom is 0.309 e. The van der Waals surface area contributed by atoms with Gasteiger partial charge in [0.25, 0.3) is 0 Å². The van der Waals surface area contributed by atoms with E-state index in [4.69, 9.17) is 16.3 Å². The predicted octanol–water partition coefficient (Wildman–Crippen LogP) is 4.88. The van der Waals surface area contributed by atoms with Crippen molar-refractivity contribution in [2.45, 2.75) is 89.5 Å². The fraction of sp³-hybridized carbons (Fsp3) is 0.750. The molecule has 5 aliphatic rings. The minimum atomic E-state index is -1.99. The molecule has 5 aliphatic carbocycles. The Morgan fingerprint density at radius 1 is 1.20 bits per heavy atom. The second-order valence-corrected chi connectivity index (χ2v) is 12.4. The number of carbonyl (C=O) groups excluding carboxylic acids is 3. The van der Waals surface area contributed by atoms with Gasteiger partial charge < -0.3 is 9.84 Å². The van der Waals surface area contributed by atoms with Gasteiger partial charge in [0.1, 0.15) is 0 Å². The molecule has 0 spiro atoms. The lowest BCUT2D eigenvalue weighted by molar-refractivity contribution is -0.228. The molecule has 192 valence electrons. The molecule has 0 aromatic heterocycles. The van der Waals surface area contributed by atoms with Crippen molar-refractivity contribution >= 4 is 29.1 Å². The summed E-state index contributed by atoms with van der Waals surface area (Å²) < 4.78 is 23.6. The second-order valence-electron chi connectivity index (χ2n) is 12.1. The van der Waals surface area contributed by atoms with Gasteiger partial charge in [0, 0.05) is 22.7 Å².